The molecule has 118 valence electrons. The maximum atomic E-state index is 12.3. The fraction of sp³-hybridized carbons (Fsp3) is 0.267. The SMILES string of the molecule is C#CCNC(=O)C=Cc1ccc(OC)c(S(=O)(=O)N(C)C)c1. The van der Waals surface area contributed by atoms with Gasteiger partial charge < -0.3 is 10.1 Å². The van der Waals surface area contributed by atoms with E-state index in [2.05, 4.69) is 11.2 Å². The molecule has 1 rings (SSSR count). The zero-order valence-electron chi connectivity index (χ0n) is 12.7. The van der Waals surface area contributed by atoms with Crippen LogP contribution < -0.4 is 10.1 Å². The molecule has 0 aliphatic heterocycles. The van der Waals surface area contributed by atoms with Gasteiger partial charge in [-0.15, -0.1) is 6.42 Å². The second kappa shape index (κ2) is 7.64. The Kier molecular flexibility index (Phi) is 6.16. The summed E-state index contributed by atoms with van der Waals surface area (Å²) in [6.45, 7) is 0.131. The zero-order valence-corrected chi connectivity index (χ0v) is 13.5. The Morgan fingerprint density at radius 3 is 2.68 bits per heavy atom. The Labute approximate surface area is 130 Å². The third kappa shape index (κ3) is 4.35. The molecular weight excluding hydrogens is 304 g/mol. The first-order valence-corrected chi connectivity index (χ1v) is 7.77. The first-order valence-electron chi connectivity index (χ1n) is 6.33. The van der Waals surface area contributed by atoms with Gasteiger partial charge in [-0.1, -0.05) is 12.0 Å². The fourth-order valence-electron chi connectivity index (χ4n) is 1.56. The van der Waals surface area contributed by atoms with Crippen LogP contribution in [0.25, 0.3) is 6.08 Å². The van der Waals surface area contributed by atoms with Crippen LogP contribution in [0.3, 0.4) is 0 Å². The maximum Gasteiger partial charge on any atom is 0.246 e. The zero-order chi connectivity index (χ0) is 16.8. The molecule has 22 heavy (non-hydrogen) atoms. The molecule has 0 aromatic heterocycles. The Bertz CT molecular complexity index is 716. The molecule has 7 heteroatoms. The van der Waals surface area contributed by atoms with Crippen LogP contribution in [0.2, 0.25) is 0 Å². The van der Waals surface area contributed by atoms with Gasteiger partial charge in [-0.25, -0.2) is 12.7 Å². The van der Waals surface area contributed by atoms with Crippen molar-refractivity contribution in [3.8, 4) is 18.1 Å². The summed E-state index contributed by atoms with van der Waals surface area (Å²) >= 11 is 0. The number of terminal acetylenes is 1. The molecule has 1 N–H and O–H groups in total. The molecule has 0 heterocycles. The Hall–Kier alpha value is -2.30. The lowest BCUT2D eigenvalue weighted by molar-refractivity contribution is -0.116. The number of benzene rings is 1. The van der Waals surface area contributed by atoms with Gasteiger partial charge in [0.05, 0.1) is 13.7 Å². The summed E-state index contributed by atoms with van der Waals surface area (Å²) in [6, 6.07) is 4.63. The molecule has 0 radical (unpaired) electrons. The van der Waals surface area contributed by atoms with E-state index in [0.717, 1.165) is 4.31 Å². The molecule has 0 saturated heterocycles. The third-order valence-electron chi connectivity index (χ3n) is 2.74. The predicted octanol–water partition coefficient (Wildman–Crippen LogP) is 0.708. The summed E-state index contributed by atoms with van der Waals surface area (Å²) < 4.78 is 30.7. The standard InChI is InChI=1S/C15H18N2O4S/c1-5-10-16-15(18)9-7-12-6-8-13(21-4)14(11-12)22(19,20)17(2)3/h1,6-9,11H,10H2,2-4H3,(H,16,18). The van der Waals surface area contributed by atoms with Crippen molar-refractivity contribution in [1.82, 2.24) is 9.62 Å². The van der Waals surface area contributed by atoms with Gasteiger partial charge in [0, 0.05) is 20.2 Å². The maximum absolute atomic E-state index is 12.3. The summed E-state index contributed by atoms with van der Waals surface area (Å²) in [6.07, 6.45) is 7.82. The minimum Gasteiger partial charge on any atom is -0.495 e. The molecule has 0 aliphatic carbocycles. The van der Waals surface area contributed by atoms with Crippen LogP contribution in [0.4, 0.5) is 0 Å². The minimum absolute atomic E-state index is 0.0335. The van der Waals surface area contributed by atoms with Crippen LogP contribution in [-0.4, -0.2) is 46.4 Å². The Balaban J connectivity index is 3.14. The first-order chi connectivity index (χ1) is 10.3. The number of hydrogen-bond donors (Lipinski definition) is 1. The van der Waals surface area contributed by atoms with E-state index in [4.69, 9.17) is 11.2 Å². The first kappa shape index (κ1) is 17.8. The average Bonchev–Trinajstić information content (AvgIpc) is 2.50. The number of sulfonamides is 1. The summed E-state index contributed by atoms with van der Waals surface area (Å²) in [5.41, 5.74) is 0.553. The molecule has 0 atom stereocenters. The number of amides is 1. The van der Waals surface area contributed by atoms with Crippen molar-refractivity contribution in [3.05, 3.63) is 29.8 Å². The van der Waals surface area contributed by atoms with Crippen molar-refractivity contribution in [2.75, 3.05) is 27.7 Å². The summed E-state index contributed by atoms with van der Waals surface area (Å²) in [4.78, 5) is 11.5. The van der Waals surface area contributed by atoms with Gasteiger partial charge >= 0.3 is 0 Å². The molecule has 1 aromatic carbocycles. The van der Waals surface area contributed by atoms with Crippen molar-refractivity contribution in [2.24, 2.45) is 0 Å². The van der Waals surface area contributed by atoms with Crippen LogP contribution in [0.15, 0.2) is 29.2 Å². The van der Waals surface area contributed by atoms with Crippen LogP contribution in [0.1, 0.15) is 5.56 Å². The number of ether oxygens (including phenoxy) is 1. The molecular formula is C15H18N2O4S. The number of rotatable bonds is 6. The van der Waals surface area contributed by atoms with E-state index in [-0.39, 0.29) is 23.1 Å². The second-order valence-electron chi connectivity index (χ2n) is 4.45. The van der Waals surface area contributed by atoms with Gasteiger partial charge in [0.15, 0.2) is 0 Å². The molecule has 0 aliphatic rings. The molecule has 1 aromatic rings. The highest BCUT2D eigenvalue weighted by Crippen LogP contribution is 2.27. The van der Waals surface area contributed by atoms with E-state index in [0.29, 0.717) is 5.56 Å². The van der Waals surface area contributed by atoms with Gasteiger partial charge in [0.2, 0.25) is 15.9 Å². The van der Waals surface area contributed by atoms with Crippen molar-refractivity contribution >= 4 is 22.0 Å². The molecule has 0 spiro atoms. The van der Waals surface area contributed by atoms with Gasteiger partial charge in [-0.2, -0.15) is 0 Å². The van der Waals surface area contributed by atoms with Crippen LogP contribution in [-0.2, 0) is 14.8 Å². The summed E-state index contributed by atoms with van der Waals surface area (Å²) in [5.74, 6) is 2.17. The van der Waals surface area contributed by atoms with Crippen LogP contribution in [0.5, 0.6) is 5.75 Å². The summed E-state index contributed by atoms with van der Waals surface area (Å²) in [5, 5.41) is 2.48. The number of nitrogens with one attached hydrogen (secondary N) is 1. The van der Waals surface area contributed by atoms with E-state index >= 15 is 0 Å². The van der Waals surface area contributed by atoms with E-state index in [1.807, 2.05) is 0 Å². The lowest BCUT2D eigenvalue weighted by Crippen LogP contribution is -2.23. The van der Waals surface area contributed by atoms with Gasteiger partial charge in [0.1, 0.15) is 10.6 Å². The van der Waals surface area contributed by atoms with E-state index in [1.54, 1.807) is 6.07 Å². The molecule has 0 saturated carbocycles. The van der Waals surface area contributed by atoms with Gasteiger partial charge in [-0.05, 0) is 23.8 Å². The second-order valence-corrected chi connectivity index (χ2v) is 6.57. The van der Waals surface area contributed by atoms with Crippen LogP contribution >= 0.6 is 0 Å². The Morgan fingerprint density at radius 2 is 2.14 bits per heavy atom. The highest BCUT2D eigenvalue weighted by Gasteiger charge is 2.22. The molecule has 0 bridgehead atoms. The number of hydrogen-bond acceptors (Lipinski definition) is 4. The average molecular weight is 322 g/mol. The highest BCUT2D eigenvalue weighted by atomic mass is 32.2. The minimum atomic E-state index is -3.65. The van der Waals surface area contributed by atoms with E-state index in [9.17, 15) is 13.2 Å². The van der Waals surface area contributed by atoms with Crippen LogP contribution in [0, 0.1) is 12.3 Å². The van der Waals surface area contributed by atoms with Crippen molar-refractivity contribution in [3.63, 3.8) is 0 Å². The summed E-state index contributed by atoms with van der Waals surface area (Å²) in [7, 11) is 0.618. The van der Waals surface area contributed by atoms with Gasteiger partial charge in [-0.3, -0.25) is 4.79 Å². The number of nitrogens with zero attached hydrogens (tertiary/aromatic N) is 1. The van der Waals surface area contributed by atoms with E-state index < -0.39 is 10.0 Å². The monoisotopic (exact) mass is 322 g/mol. The third-order valence-corrected chi connectivity index (χ3v) is 4.57. The number of methoxy groups -OCH3 is 1. The molecule has 0 fully saturated rings. The quantitative estimate of drug-likeness (QED) is 0.618. The highest BCUT2D eigenvalue weighted by molar-refractivity contribution is 7.89. The van der Waals surface area contributed by atoms with Crippen molar-refractivity contribution < 1.29 is 17.9 Å². The van der Waals surface area contributed by atoms with E-state index in [1.165, 1.54) is 45.5 Å². The van der Waals surface area contributed by atoms with Crippen molar-refractivity contribution in [1.29, 1.82) is 0 Å². The number of carbonyl (C=O) groups excluding carboxylic acids is 1. The predicted molar refractivity (Wildman–Crippen MR) is 84.7 cm³/mol. The normalized spacial score (nSPS) is 11.4. The lowest BCUT2D eigenvalue weighted by atomic mass is 10.2. The Morgan fingerprint density at radius 1 is 1.45 bits per heavy atom. The molecule has 1 amide bonds. The largest absolute Gasteiger partial charge is 0.495 e. The van der Waals surface area contributed by atoms with Crippen molar-refractivity contribution in [2.45, 2.75) is 4.90 Å². The molecule has 6 nitrogen and oxygen atoms in total. The topological polar surface area (TPSA) is 75.7 Å². The fourth-order valence-corrected chi connectivity index (χ4v) is 2.65. The van der Waals surface area contributed by atoms with Gasteiger partial charge in [0.25, 0.3) is 0 Å². The molecule has 0 unspecified atom stereocenters. The lowest BCUT2D eigenvalue weighted by Gasteiger charge is -2.14. The number of carbonyl (C=O) groups is 1. The smallest absolute Gasteiger partial charge is 0.246 e.